The average Bonchev–Trinajstić information content (AvgIpc) is 2.82. The molecule has 1 aromatic heterocycles. The lowest BCUT2D eigenvalue weighted by Gasteiger charge is -2.19. The van der Waals surface area contributed by atoms with Crippen LogP contribution in [-0.4, -0.2) is 81.5 Å². The summed E-state index contributed by atoms with van der Waals surface area (Å²) in [7, 11) is 0. The molecule has 1 unspecified atom stereocenters. The Kier molecular flexibility index (Phi) is 6.82. The molecule has 0 aromatic carbocycles. The quantitative estimate of drug-likeness (QED) is 0.326. The summed E-state index contributed by atoms with van der Waals surface area (Å²) in [6.07, 6.45) is 2.22. The van der Waals surface area contributed by atoms with Crippen LogP contribution in [0.15, 0.2) is 15.8 Å². The molecule has 0 amide bonds. The van der Waals surface area contributed by atoms with Crippen LogP contribution >= 0.6 is 6.89 Å². The van der Waals surface area contributed by atoms with Crippen LogP contribution in [0.4, 0.5) is 0 Å². The first-order valence-corrected chi connectivity index (χ1v) is 11.5. The lowest BCUT2D eigenvalue weighted by molar-refractivity contribution is -0.136. The molecule has 0 saturated carbocycles. The number of ether oxygens (including phenoxy) is 1. The number of aliphatic hydroxyl groups excluding tert-OH is 2. The van der Waals surface area contributed by atoms with Crippen molar-refractivity contribution in [2.45, 2.75) is 37.5 Å². The van der Waals surface area contributed by atoms with Gasteiger partial charge in [-0.15, -0.1) is 13.2 Å². The molecular formula is C16H26N3O7P. The zero-order valence-electron chi connectivity index (χ0n) is 15.3. The third-order valence-electron chi connectivity index (χ3n) is 4.26. The largest absolute Gasteiger partial charge is 0.480 e. The first-order chi connectivity index (χ1) is 12.5. The van der Waals surface area contributed by atoms with Crippen LogP contribution in [0.25, 0.3) is 0 Å². The lowest BCUT2D eigenvalue weighted by atomic mass is 10.1. The molecule has 27 heavy (non-hydrogen) atoms. The maximum Gasteiger partial charge on any atom is 0.330 e. The summed E-state index contributed by atoms with van der Waals surface area (Å²) in [6.45, 7) is 2.31. The summed E-state index contributed by atoms with van der Waals surface area (Å²) >= 11 is 0. The van der Waals surface area contributed by atoms with E-state index in [1.807, 2.05) is 13.3 Å². The monoisotopic (exact) mass is 403 g/mol. The van der Waals surface area contributed by atoms with Crippen LogP contribution in [0.1, 0.15) is 18.2 Å². The van der Waals surface area contributed by atoms with E-state index in [1.54, 1.807) is 0 Å². The molecule has 2 rings (SSSR count). The number of aliphatic hydroxyl groups is 2. The van der Waals surface area contributed by atoms with E-state index in [-0.39, 0.29) is 18.7 Å². The first kappa shape index (κ1) is 21.6. The van der Waals surface area contributed by atoms with Crippen molar-refractivity contribution in [2.24, 2.45) is 0 Å². The Hall–Kier alpha value is -1.71. The fourth-order valence-corrected chi connectivity index (χ4v) is 3.77. The molecule has 1 fully saturated rings. The fraction of sp³-hybridized carbons (Fsp3) is 0.625. The number of aromatic nitrogens is 2. The van der Waals surface area contributed by atoms with Gasteiger partial charge in [0.15, 0.2) is 6.23 Å². The van der Waals surface area contributed by atoms with E-state index in [0.717, 1.165) is 10.7 Å². The number of hydrogen-bond donors (Lipinski definition) is 5. The minimum absolute atomic E-state index is 0.0864. The van der Waals surface area contributed by atoms with Gasteiger partial charge in [-0.25, -0.2) is 4.79 Å². The van der Waals surface area contributed by atoms with E-state index in [4.69, 9.17) is 9.84 Å². The number of H-pyrrole nitrogens is 1. The Morgan fingerprint density at radius 2 is 2.04 bits per heavy atom. The molecule has 0 aliphatic carbocycles. The van der Waals surface area contributed by atoms with Gasteiger partial charge in [-0.2, -0.15) is 0 Å². The van der Waals surface area contributed by atoms with E-state index in [1.165, 1.54) is 6.20 Å². The molecule has 10 nitrogen and oxygen atoms in total. The molecule has 4 atom stereocenters. The second-order valence-corrected chi connectivity index (χ2v) is 11.6. The van der Waals surface area contributed by atoms with Gasteiger partial charge in [-0.3, -0.25) is 19.1 Å². The van der Waals surface area contributed by atoms with Crippen molar-refractivity contribution < 1.29 is 24.9 Å². The molecule has 11 heteroatoms. The maximum atomic E-state index is 12.2. The van der Waals surface area contributed by atoms with Crippen molar-refractivity contribution in [2.75, 3.05) is 26.0 Å². The van der Waals surface area contributed by atoms with Gasteiger partial charge in [0.05, 0.1) is 12.6 Å². The summed E-state index contributed by atoms with van der Waals surface area (Å²) < 4.78 is 6.71. The normalized spacial score (nSPS) is 25.6. The fourth-order valence-electron chi connectivity index (χ4n) is 2.82. The van der Waals surface area contributed by atoms with Crippen molar-refractivity contribution in [3.8, 4) is 0 Å². The Balaban J connectivity index is 2.21. The molecule has 152 valence electrons. The van der Waals surface area contributed by atoms with Crippen LogP contribution in [-0.2, 0) is 16.1 Å². The van der Waals surface area contributed by atoms with E-state index in [9.17, 15) is 24.6 Å². The zero-order chi connectivity index (χ0) is 20.4. The van der Waals surface area contributed by atoms with Crippen molar-refractivity contribution in [1.29, 1.82) is 0 Å². The number of rotatable bonds is 8. The van der Waals surface area contributed by atoms with Gasteiger partial charge in [-0.1, -0.05) is 0 Å². The molecule has 1 saturated heterocycles. The van der Waals surface area contributed by atoms with Crippen molar-refractivity contribution in [3.63, 3.8) is 0 Å². The molecule has 0 spiro atoms. The molecule has 0 radical (unpaired) electrons. The van der Waals surface area contributed by atoms with Crippen LogP contribution in [0.2, 0.25) is 0 Å². The van der Waals surface area contributed by atoms with Crippen molar-refractivity contribution >= 4 is 19.2 Å². The predicted octanol–water partition coefficient (Wildman–Crippen LogP) is -1.57. The SMILES string of the molecule is C=P(C)(C)CC[C@H]1OC(n2cc(CNCC(=O)O)c(=O)[nH]c2=O)[C@H](O)[C@@H]1O. The number of nitrogens with one attached hydrogen (secondary N) is 2. The number of hydrogen-bond acceptors (Lipinski definition) is 7. The summed E-state index contributed by atoms with van der Waals surface area (Å²) in [5.41, 5.74) is -1.35. The molecule has 0 bridgehead atoms. The minimum Gasteiger partial charge on any atom is -0.480 e. The van der Waals surface area contributed by atoms with E-state index in [0.29, 0.717) is 6.42 Å². The van der Waals surface area contributed by atoms with E-state index >= 15 is 0 Å². The number of carbonyl (C=O) groups is 1. The van der Waals surface area contributed by atoms with Crippen LogP contribution < -0.4 is 16.6 Å². The third-order valence-corrected chi connectivity index (χ3v) is 5.73. The number of aromatic amines is 1. The summed E-state index contributed by atoms with van der Waals surface area (Å²) in [5.74, 6) is -1.09. The highest BCUT2D eigenvalue weighted by molar-refractivity contribution is 7.72. The smallest absolute Gasteiger partial charge is 0.330 e. The Bertz CT molecular complexity index is 843. The highest BCUT2D eigenvalue weighted by atomic mass is 31.2. The average molecular weight is 403 g/mol. The highest BCUT2D eigenvalue weighted by Crippen LogP contribution is 2.39. The molecule has 1 aliphatic rings. The van der Waals surface area contributed by atoms with Gasteiger partial charge in [0, 0.05) is 18.3 Å². The molecule has 1 aromatic rings. The van der Waals surface area contributed by atoms with Crippen LogP contribution in [0, 0.1) is 0 Å². The summed E-state index contributed by atoms with van der Waals surface area (Å²) in [5, 5.41) is 31.8. The molecular weight excluding hydrogens is 377 g/mol. The second kappa shape index (κ2) is 8.53. The second-order valence-electron chi connectivity index (χ2n) is 7.31. The maximum absolute atomic E-state index is 12.2. The summed E-state index contributed by atoms with van der Waals surface area (Å²) in [6, 6.07) is 0. The van der Waals surface area contributed by atoms with Crippen LogP contribution in [0.5, 0.6) is 0 Å². The number of carboxylic acid groups (broad SMARTS) is 1. The number of aliphatic carboxylic acids is 1. The topological polar surface area (TPSA) is 154 Å². The van der Waals surface area contributed by atoms with E-state index in [2.05, 4.69) is 16.6 Å². The third kappa shape index (κ3) is 5.63. The predicted molar refractivity (Wildman–Crippen MR) is 102 cm³/mol. The standard InChI is InChI=1S/C16H26N3O7P/c1-27(2,3)5-4-10-12(22)13(23)15(26-10)19-8-9(6-17-7-11(20)21)14(24)18-16(19)25/h8,10,12-13,15,17,22-23H,1,4-7H2,2-3H3,(H,20,21)(H,18,24,25)/t10-,12-,13-,15?/m1/s1. The van der Waals surface area contributed by atoms with Crippen molar-refractivity contribution in [1.82, 2.24) is 14.9 Å². The molecule has 5 N–H and O–H groups in total. The van der Waals surface area contributed by atoms with Gasteiger partial charge in [0.25, 0.3) is 5.56 Å². The van der Waals surface area contributed by atoms with Gasteiger partial charge in [-0.05, 0) is 25.9 Å². The Morgan fingerprint density at radius 3 is 2.63 bits per heavy atom. The van der Waals surface area contributed by atoms with Gasteiger partial charge in [0.2, 0.25) is 0 Å². The Labute approximate surface area is 155 Å². The van der Waals surface area contributed by atoms with Gasteiger partial charge < -0.3 is 25.4 Å². The van der Waals surface area contributed by atoms with Crippen LogP contribution in [0.3, 0.4) is 0 Å². The highest BCUT2D eigenvalue weighted by Gasteiger charge is 2.44. The first-order valence-electron chi connectivity index (χ1n) is 8.45. The number of nitrogens with zero attached hydrogens (tertiary/aromatic N) is 1. The summed E-state index contributed by atoms with van der Waals surface area (Å²) in [4.78, 5) is 36.7. The molecule has 2 heterocycles. The van der Waals surface area contributed by atoms with E-state index < -0.39 is 48.6 Å². The Morgan fingerprint density at radius 1 is 1.37 bits per heavy atom. The zero-order valence-corrected chi connectivity index (χ0v) is 16.2. The number of carboxylic acids is 1. The molecule has 1 aliphatic heterocycles. The lowest BCUT2D eigenvalue weighted by Crippen LogP contribution is -2.39. The van der Waals surface area contributed by atoms with Crippen molar-refractivity contribution in [3.05, 3.63) is 32.6 Å². The van der Waals surface area contributed by atoms with Gasteiger partial charge in [0.1, 0.15) is 12.2 Å². The van der Waals surface area contributed by atoms with Gasteiger partial charge >= 0.3 is 11.7 Å². The minimum atomic E-state index is -1.35.